The van der Waals surface area contributed by atoms with Crippen molar-refractivity contribution < 1.29 is 9.53 Å². The van der Waals surface area contributed by atoms with Crippen LogP contribution in [0.4, 0.5) is 0 Å². The van der Waals surface area contributed by atoms with E-state index in [2.05, 4.69) is 10.4 Å². The van der Waals surface area contributed by atoms with Crippen LogP contribution in [0.3, 0.4) is 0 Å². The number of hydrogen-bond acceptors (Lipinski definition) is 4. The van der Waals surface area contributed by atoms with Crippen LogP contribution >= 0.6 is 0 Å². The number of ether oxygens (including phenoxy) is 1. The largest absolute Gasteiger partial charge is 0.497 e. The van der Waals surface area contributed by atoms with Crippen molar-refractivity contribution in [2.45, 2.75) is 33.4 Å². The SMILES string of the molecule is COc1ccc(-n2nc(-c3ccccc3)n(CC(=O)N[C@@H](C)C(C)C)c2=O)cc1. The molecule has 7 nitrogen and oxygen atoms in total. The van der Waals surface area contributed by atoms with Crippen LogP contribution in [0.15, 0.2) is 59.4 Å². The summed E-state index contributed by atoms with van der Waals surface area (Å²) >= 11 is 0. The third-order valence-corrected chi connectivity index (χ3v) is 4.90. The highest BCUT2D eigenvalue weighted by Crippen LogP contribution is 2.18. The van der Waals surface area contributed by atoms with Crippen LogP contribution in [0.2, 0.25) is 0 Å². The molecule has 1 N–H and O–H groups in total. The van der Waals surface area contributed by atoms with Gasteiger partial charge >= 0.3 is 5.69 Å². The van der Waals surface area contributed by atoms with E-state index in [1.807, 2.05) is 51.1 Å². The first kappa shape index (κ1) is 20.4. The third-order valence-electron chi connectivity index (χ3n) is 4.90. The predicted octanol–water partition coefficient (Wildman–Crippen LogP) is 2.87. The maximum atomic E-state index is 13.1. The molecule has 0 fully saturated rings. The highest BCUT2D eigenvalue weighted by Gasteiger charge is 2.20. The van der Waals surface area contributed by atoms with Crippen LogP contribution in [0.1, 0.15) is 20.8 Å². The number of hydrogen-bond donors (Lipinski definition) is 1. The molecule has 0 bridgehead atoms. The van der Waals surface area contributed by atoms with Gasteiger partial charge in [-0.05, 0) is 37.1 Å². The van der Waals surface area contributed by atoms with Crippen molar-refractivity contribution in [2.75, 3.05) is 7.11 Å². The van der Waals surface area contributed by atoms with E-state index in [1.165, 1.54) is 9.25 Å². The molecule has 0 saturated carbocycles. The van der Waals surface area contributed by atoms with E-state index in [-0.39, 0.29) is 24.2 Å². The maximum Gasteiger partial charge on any atom is 0.351 e. The fourth-order valence-corrected chi connectivity index (χ4v) is 2.84. The third kappa shape index (κ3) is 4.56. The molecular formula is C22H26N4O3. The second-order valence-electron chi connectivity index (χ2n) is 7.27. The zero-order valence-corrected chi connectivity index (χ0v) is 17.1. The van der Waals surface area contributed by atoms with E-state index in [1.54, 1.807) is 31.4 Å². The topological polar surface area (TPSA) is 78.2 Å². The fraction of sp³-hybridized carbons (Fsp3) is 0.318. The van der Waals surface area contributed by atoms with Gasteiger partial charge in [0.2, 0.25) is 5.91 Å². The van der Waals surface area contributed by atoms with Crippen LogP contribution < -0.4 is 15.7 Å². The van der Waals surface area contributed by atoms with Crippen molar-refractivity contribution in [1.82, 2.24) is 19.7 Å². The zero-order valence-electron chi connectivity index (χ0n) is 17.1. The van der Waals surface area contributed by atoms with E-state index in [4.69, 9.17) is 4.74 Å². The van der Waals surface area contributed by atoms with E-state index in [9.17, 15) is 9.59 Å². The number of benzene rings is 2. The average Bonchev–Trinajstić information content (AvgIpc) is 3.04. The Kier molecular flexibility index (Phi) is 6.16. The van der Waals surface area contributed by atoms with Gasteiger partial charge in [0.15, 0.2) is 5.82 Å². The standard InChI is InChI=1S/C22H26N4O3/c1-15(2)16(3)23-20(27)14-25-21(17-8-6-5-7-9-17)24-26(22(25)28)18-10-12-19(29-4)13-11-18/h5-13,15-16H,14H2,1-4H3,(H,23,27)/t16-/m0/s1. The number of amides is 1. The van der Waals surface area contributed by atoms with E-state index >= 15 is 0 Å². The Morgan fingerprint density at radius 3 is 2.31 bits per heavy atom. The minimum absolute atomic E-state index is 0.00927. The molecule has 1 amide bonds. The highest BCUT2D eigenvalue weighted by atomic mass is 16.5. The van der Waals surface area contributed by atoms with Crippen LogP contribution in [0.25, 0.3) is 17.1 Å². The molecule has 3 aromatic rings. The minimum Gasteiger partial charge on any atom is -0.497 e. The molecule has 1 atom stereocenters. The summed E-state index contributed by atoms with van der Waals surface area (Å²) in [5.74, 6) is 1.20. The average molecular weight is 394 g/mol. The van der Waals surface area contributed by atoms with Crippen molar-refractivity contribution >= 4 is 5.91 Å². The number of nitrogens with one attached hydrogen (secondary N) is 1. The second-order valence-corrected chi connectivity index (χ2v) is 7.27. The summed E-state index contributed by atoms with van der Waals surface area (Å²) in [5, 5.41) is 7.46. The van der Waals surface area contributed by atoms with Crippen molar-refractivity contribution in [3.63, 3.8) is 0 Å². The normalized spacial score (nSPS) is 12.0. The van der Waals surface area contributed by atoms with Gasteiger partial charge in [-0.15, -0.1) is 5.10 Å². The number of aromatic nitrogens is 3. The van der Waals surface area contributed by atoms with Gasteiger partial charge in [0.05, 0.1) is 12.8 Å². The molecule has 0 unspecified atom stereocenters. The Balaban J connectivity index is 2.02. The Bertz CT molecular complexity index is 1020. The summed E-state index contributed by atoms with van der Waals surface area (Å²) < 4.78 is 7.89. The Hall–Kier alpha value is -3.35. The monoisotopic (exact) mass is 394 g/mol. The predicted molar refractivity (Wildman–Crippen MR) is 112 cm³/mol. The summed E-state index contributed by atoms with van der Waals surface area (Å²) in [4.78, 5) is 25.7. The maximum absolute atomic E-state index is 13.1. The van der Waals surface area contributed by atoms with Crippen molar-refractivity contribution in [3.8, 4) is 22.8 Å². The second kappa shape index (κ2) is 8.77. The van der Waals surface area contributed by atoms with Gasteiger partial charge in [-0.2, -0.15) is 4.68 Å². The molecule has 0 aliphatic carbocycles. The Labute approximate surface area is 169 Å². The summed E-state index contributed by atoms with van der Waals surface area (Å²) in [6.07, 6.45) is 0. The minimum atomic E-state index is -0.374. The fourth-order valence-electron chi connectivity index (χ4n) is 2.84. The molecule has 1 aromatic heterocycles. The van der Waals surface area contributed by atoms with Gasteiger partial charge in [-0.25, -0.2) is 4.79 Å². The smallest absolute Gasteiger partial charge is 0.351 e. The molecule has 0 aliphatic rings. The molecule has 3 rings (SSSR count). The molecule has 0 radical (unpaired) electrons. The molecule has 7 heteroatoms. The first-order chi connectivity index (χ1) is 13.9. The molecular weight excluding hydrogens is 368 g/mol. The molecule has 0 aliphatic heterocycles. The van der Waals surface area contributed by atoms with Crippen LogP contribution in [0, 0.1) is 5.92 Å². The zero-order chi connectivity index (χ0) is 21.0. The Morgan fingerprint density at radius 2 is 1.72 bits per heavy atom. The lowest BCUT2D eigenvalue weighted by molar-refractivity contribution is -0.122. The number of carbonyl (C=O) groups is 1. The molecule has 0 spiro atoms. The van der Waals surface area contributed by atoms with Gasteiger partial charge in [-0.1, -0.05) is 44.2 Å². The quantitative estimate of drug-likeness (QED) is 0.668. The van der Waals surface area contributed by atoms with Gasteiger partial charge < -0.3 is 10.1 Å². The van der Waals surface area contributed by atoms with Gasteiger partial charge in [0, 0.05) is 11.6 Å². The highest BCUT2D eigenvalue weighted by molar-refractivity contribution is 5.76. The van der Waals surface area contributed by atoms with Crippen molar-refractivity contribution in [3.05, 3.63) is 65.1 Å². The van der Waals surface area contributed by atoms with Crippen LogP contribution in [-0.2, 0) is 11.3 Å². The van der Waals surface area contributed by atoms with Gasteiger partial charge in [0.1, 0.15) is 12.3 Å². The Morgan fingerprint density at radius 1 is 1.07 bits per heavy atom. The van der Waals surface area contributed by atoms with Gasteiger partial charge in [-0.3, -0.25) is 9.36 Å². The summed E-state index contributed by atoms with van der Waals surface area (Å²) in [6, 6.07) is 16.4. The van der Waals surface area contributed by atoms with Crippen molar-refractivity contribution in [1.29, 1.82) is 0 Å². The molecule has 152 valence electrons. The number of carbonyl (C=O) groups excluding carboxylic acids is 1. The number of rotatable bonds is 7. The first-order valence-electron chi connectivity index (χ1n) is 9.59. The summed E-state index contributed by atoms with van der Waals surface area (Å²) in [6.45, 7) is 5.92. The lowest BCUT2D eigenvalue weighted by atomic mass is 10.1. The summed E-state index contributed by atoms with van der Waals surface area (Å²) in [5.41, 5.74) is 0.991. The molecule has 0 saturated heterocycles. The number of nitrogens with zero attached hydrogens (tertiary/aromatic N) is 3. The van der Waals surface area contributed by atoms with Crippen molar-refractivity contribution in [2.24, 2.45) is 5.92 Å². The first-order valence-corrected chi connectivity index (χ1v) is 9.59. The lowest BCUT2D eigenvalue weighted by Crippen LogP contribution is -2.40. The van der Waals surface area contributed by atoms with Crippen LogP contribution in [0.5, 0.6) is 5.75 Å². The molecule has 2 aromatic carbocycles. The molecule has 1 heterocycles. The number of methoxy groups -OCH3 is 1. The summed E-state index contributed by atoms with van der Waals surface area (Å²) in [7, 11) is 1.58. The van der Waals surface area contributed by atoms with Gasteiger partial charge in [0.25, 0.3) is 0 Å². The van der Waals surface area contributed by atoms with Crippen LogP contribution in [-0.4, -0.2) is 33.4 Å². The van der Waals surface area contributed by atoms with E-state index in [0.717, 1.165) is 5.56 Å². The molecule has 29 heavy (non-hydrogen) atoms. The lowest BCUT2D eigenvalue weighted by Gasteiger charge is -2.17. The van der Waals surface area contributed by atoms with E-state index < -0.39 is 0 Å². The van der Waals surface area contributed by atoms with E-state index in [0.29, 0.717) is 23.2 Å².